The summed E-state index contributed by atoms with van der Waals surface area (Å²) < 4.78 is 5.60. The van der Waals surface area contributed by atoms with Crippen molar-refractivity contribution in [3.8, 4) is 0 Å². The summed E-state index contributed by atoms with van der Waals surface area (Å²) >= 11 is 5.97. The van der Waals surface area contributed by atoms with Crippen molar-refractivity contribution in [3.63, 3.8) is 0 Å². The molecule has 112 valence electrons. The van der Waals surface area contributed by atoms with Crippen LogP contribution in [0.4, 0.5) is 0 Å². The largest absolute Gasteiger partial charge is 0.381 e. The highest BCUT2D eigenvalue weighted by Crippen LogP contribution is 2.33. The Morgan fingerprint density at radius 1 is 1.30 bits per heavy atom. The van der Waals surface area contributed by atoms with Crippen LogP contribution in [0.2, 0.25) is 5.02 Å². The number of benzene rings is 1. The fraction of sp³-hybridized carbons (Fsp3) is 0.625. The zero-order valence-electron chi connectivity index (χ0n) is 12.4. The number of hydrogen-bond donors (Lipinski definition) is 1. The third-order valence-electron chi connectivity index (χ3n) is 4.70. The first-order chi connectivity index (χ1) is 9.59. The normalized spacial score (nSPS) is 25.4. The Hall–Kier alpha value is -0.610. The predicted octanol–water partition coefficient (Wildman–Crippen LogP) is 3.23. The molecular formula is C16H25ClN2O. The molecule has 1 aromatic carbocycles. The summed E-state index contributed by atoms with van der Waals surface area (Å²) in [6.45, 7) is 4.55. The summed E-state index contributed by atoms with van der Waals surface area (Å²) in [4.78, 5) is 2.42. The highest BCUT2D eigenvalue weighted by molar-refractivity contribution is 6.30. The van der Waals surface area contributed by atoms with Gasteiger partial charge in [-0.25, -0.2) is 0 Å². The van der Waals surface area contributed by atoms with Crippen molar-refractivity contribution < 1.29 is 4.74 Å². The van der Waals surface area contributed by atoms with Crippen LogP contribution in [0.3, 0.4) is 0 Å². The van der Waals surface area contributed by atoms with Crippen molar-refractivity contribution in [2.75, 3.05) is 26.8 Å². The number of ether oxygens (including phenoxy) is 1. The molecule has 1 aromatic rings. The second-order valence-corrected chi connectivity index (χ2v) is 6.17. The smallest absolute Gasteiger partial charge is 0.0484 e. The quantitative estimate of drug-likeness (QED) is 0.927. The van der Waals surface area contributed by atoms with Gasteiger partial charge in [-0.3, -0.25) is 4.90 Å². The first kappa shape index (κ1) is 15.8. The monoisotopic (exact) mass is 296 g/mol. The van der Waals surface area contributed by atoms with E-state index in [1.807, 2.05) is 12.1 Å². The van der Waals surface area contributed by atoms with Gasteiger partial charge in [-0.1, -0.05) is 23.7 Å². The first-order valence-corrected chi connectivity index (χ1v) is 7.73. The van der Waals surface area contributed by atoms with E-state index in [9.17, 15) is 0 Å². The molecule has 0 bridgehead atoms. The fourth-order valence-electron chi connectivity index (χ4n) is 3.07. The molecule has 1 heterocycles. The molecule has 0 saturated carbocycles. The van der Waals surface area contributed by atoms with Crippen molar-refractivity contribution >= 4 is 11.6 Å². The Morgan fingerprint density at radius 2 is 2.00 bits per heavy atom. The van der Waals surface area contributed by atoms with E-state index in [1.54, 1.807) is 0 Å². The molecule has 0 amide bonds. The second-order valence-electron chi connectivity index (χ2n) is 5.73. The molecule has 20 heavy (non-hydrogen) atoms. The number of rotatable bonds is 4. The molecule has 2 atom stereocenters. The lowest BCUT2D eigenvalue weighted by molar-refractivity contribution is 0.0595. The molecular weight excluding hydrogens is 272 g/mol. The Morgan fingerprint density at radius 3 is 2.65 bits per heavy atom. The summed E-state index contributed by atoms with van der Waals surface area (Å²) in [5, 5.41) is 0.778. The molecule has 1 aliphatic rings. The Balaban J connectivity index is 2.18. The van der Waals surface area contributed by atoms with E-state index in [0.29, 0.717) is 12.6 Å². The predicted molar refractivity (Wildman–Crippen MR) is 84.1 cm³/mol. The molecule has 0 radical (unpaired) electrons. The third kappa shape index (κ3) is 3.34. The van der Waals surface area contributed by atoms with E-state index in [0.717, 1.165) is 37.5 Å². The van der Waals surface area contributed by atoms with Crippen LogP contribution in [0.25, 0.3) is 0 Å². The van der Waals surface area contributed by atoms with Crippen molar-refractivity contribution in [3.05, 3.63) is 34.9 Å². The SMILES string of the molecule is CC(c1ccc(Cl)cc1)N(C)C1(CN)CCCOCC1. The molecule has 1 saturated heterocycles. The molecule has 2 N–H and O–H groups in total. The van der Waals surface area contributed by atoms with E-state index in [4.69, 9.17) is 22.1 Å². The van der Waals surface area contributed by atoms with E-state index < -0.39 is 0 Å². The molecule has 0 aromatic heterocycles. The van der Waals surface area contributed by atoms with E-state index in [1.165, 1.54) is 5.56 Å². The Labute approximate surface area is 127 Å². The average Bonchev–Trinajstić information content (AvgIpc) is 2.73. The topological polar surface area (TPSA) is 38.5 Å². The summed E-state index contributed by atoms with van der Waals surface area (Å²) in [5.41, 5.74) is 7.44. The maximum Gasteiger partial charge on any atom is 0.0484 e. The molecule has 2 unspecified atom stereocenters. The standard InChI is InChI=1S/C16H25ClN2O/c1-13(14-4-6-15(17)7-5-14)19(2)16(12-18)8-3-10-20-11-9-16/h4-7,13H,3,8-12,18H2,1-2H3. The molecule has 0 aliphatic carbocycles. The Kier molecular flexibility index (Phi) is 5.44. The minimum Gasteiger partial charge on any atom is -0.381 e. The van der Waals surface area contributed by atoms with Gasteiger partial charge < -0.3 is 10.5 Å². The first-order valence-electron chi connectivity index (χ1n) is 7.35. The highest BCUT2D eigenvalue weighted by atomic mass is 35.5. The molecule has 1 aliphatic heterocycles. The number of nitrogens with zero attached hydrogens (tertiary/aromatic N) is 1. The van der Waals surface area contributed by atoms with Crippen LogP contribution in [0.5, 0.6) is 0 Å². The number of hydrogen-bond acceptors (Lipinski definition) is 3. The van der Waals surface area contributed by atoms with Gasteiger partial charge in [0.25, 0.3) is 0 Å². The third-order valence-corrected chi connectivity index (χ3v) is 4.96. The van der Waals surface area contributed by atoms with Crippen LogP contribution in [-0.4, -0.2) is 37.2 Å². The van der Waals surface area contributed by atoms with Crippen molar-refractivity contribution in [2.24, 2.45) is 5.73 Å². The molecule has 1 fully saturated rings. The van der Waals surface area contributed by atoms with Gasteiger partial charge in [-0.2, -0.15) is 0 Å². The molecule has 0 spiro atoms. The maximum atomic E-state index is 6.13. The lowest BCUT2D eigenvalue weighted by Crippen LogP contribution is -2.53. The molecule has 2 rings (SSSR count). The van der Waals surface area contributed by atoms with Crippen LogP contribution in [0, 0.1) is 0 Å². The van der Waals surface area contributed by atoms with Gasteiger partial charge in [-0.05, 0) is 50.9 Å². The maximum absolute atomic E-state index is 6.13. The van der Waals surface area contributed by atoms with Gasteiger partial charge in [0.05, 0.1) is 0 Å². The summed E-state index contributed by atoms with van der Waals surface area (Å²) in [7, 11) is 2.18. The fourth-order valence-corrected chi connectivity index (χ4v) is 3.20. The lowest BCUT2D eigenvalue weighted by Gasteiger charge is -2.44. The zero-order chi connectivity index (χ0) is 14.6. The van der Waals surface area contributed by atoms with Crippen molar-refractivity contribution in [1.82, 2.24) is 4.90 Å². The zero-order valence-corrected chi connectivity index (χ0v) is 13.2. The molecule has 3 nitrogen and oxygen atoms in total. The van der Waals surface area contributed by atoms with Gasteiger partial charge in [0.2, 0.25) is 0 Å². The summed E-state index contributed by atoms with van der Waals surface area (Å²) in [6, 6.07) is 8.41. The van der Waals surface area contributed by atoms with E-state index in [2.05, 4.69) is 31.0 Å². The van der Waals surface area contributed by atoms with Crippen LogP contribution in [0.1, 0.15) is 37.8 Å². The van der Waals surface area contributed by atoms with Crippen molar-refractivity contribution in [2.45, 2.75) is 37.8 Å². The van der Waals surface area contributed by atoms with Gasteiger partial charge in [0.1, 0.15) is 0 Å². The number of nitrogens with two attached hydrogens (primary N) is 1. The van der Waals surface area contributed by atoms with Crippen LogP contribution in [-0.2, 0) is 4.74 Å². The van der Waals surface area contributed by atoms with Crippen LogP contribution in [0.15, 0.2) is 24.3 Å². The number of halogens is 1. The van der Waals surface area contributed by atoms with Gasteiger partial charge in [-0.15, -0.1) is 0 Å². The van der Waals surface area contributed by atoms with Crippen LogP contribution < -0.4 is 5.73 Å². The van der Waals surface area contributed by atoms with E-state index >= 15 is 0 Å². The highest BCUT2D eigenvalue weighted by Gasteiger charge is 2.36. The molecule has 4 heteroatoms. The minimum absolute atomic E-state index is 0.0373. The second kappa shape index (κ2) is 6.90. The minimum atomic E-state index is 0.0373. The number of likely N-dealkylation sites (N-methyl/N-ethyl adjacent to an activating group) is 1. The summed E-state index contributed by atoms with van der Waals surface area (Å²) in [6.07, 6.45) is 3.17. The summed E-state index contributed by atoms with van der Waals surface area (Å²) in [5.74, 6) is 0. The van der Waals surface area contributed by atoms with Gasteiger partial charge in [0.15, 0.2) is 0 Å². The van der Waals surface area contributed by atoms with Crippen molar-refractivity contribution in [1.29, 1.82) is 0 Å². The van der Waals surface area contributed by atoms with Gasteiger partial charge in [0, 0.05) is 36.4 Å². The van der Waals surface area contributed by atoms with Crippen LogP contribution >= 0.6 is 11.6 Å². The van der Waals surface area contributed by atoms with E-state index in [-0.39, 0.29) is 5.54 Å². The van der Waals surface area contributed by atoms with Gasteiger partial charge >= 0.3 is 0 Å². The Bertz CT molecular complexity index is 413. The average molecular weight is 297 g/mol. The lowest BCUT2D eigenvalue weighted by atomic mass is 9.87.